The summed E-state index contributed by atoms with van der Waals surface area (Å²) in [5.74, 6) is 0. The lowest BCUT2D eigenvalue weighted by atomic mass is 10.0. The molecule has 0 fully saturated rings. The topological polar surface area (TPSA) is 78.0 Å². The number of aromatic amines is 1. The molecule has 0 bridgehead atoms. The first-order valence-corrected chi connectivity index (χ1v) is 5.29. The van der Waals surface area contributed by atoms with Crippen molar-refractivity contribution >= 4 is 6.09 Å². The van der Waals surface area contributed by atoms with Crippen molar-refractivity contribution in [1.82, 2.24) is 15.5 Å². The van der Waals surface area contributed by atoms with E-state index >= 15 is 0 Å². The molecular weight excluding hydrogens is 218 g/mol. The number of rotatable bonds is 4. The fraction of sp³-hybridized carbons (Fsp3) is 0.167. The van der Waals surface area contributed by atoms with Crippen LogP contribution in [-0.2, 0) is 6.42 Å². The van der Waals surface area contributed by atoms with Gasteiger partial charge in [-0.3, -0.25) is 5.10 Å². The zero-order valence-corrected chi connectivity index (χ0v) is 9.13. The molecule has 5 heteroatoms. The third kappa shape index (κ3) is 3.07. The summed E-state index contributed by atoms with van der Waals surface area (Å²) in [6.45, 7) is 0. The average molecular weight is 231 g/mol. The summed E-state index contributed by atoms with van der Waals surface area (Å²) >= 11 is 0. The van der Waals surface area contributed by atoms with Gasteiger partial charge >= 0.3 is 6.09 Å². The van der Waals surface area contributed by atoms with Crippen molar-refractivity contribution in [2.24, 2.45) is 0 Å². The van der Waals surface area contributed by atoms with Gasteiger partial charge in [-0.1, -0.05) is 30.3 Å². The van der Waals surface area contributed by atoms with Gasteiger partial charge in [0.2, 0.25) is 0 Å². The maximum atomic E-state index is 10.7. The van der Waals surface area contributed by atoms with Gasteiger partial charge in [-0.05, 0) is 18.1 Å². The highest BCUT2D eigenvalue weighted by Crippen LogP contribution is 2.15. The second-order valence-electron chi connectivity index (χ2n) is 3.69. The molecule has 0 aliphatic heterocycles. The minimum Gasteiger partial charge on any atom is -0.465 e. The third-order valence-electron chi connectivity index (χ3n) is 2.46. The van der Waals surface area contributed by atoms with E-state index in [-0.39, 0.29) is 6.04 Å². The first-order valence-electron chi connectivity index (χ1n) is 5.29. The Hall–Kier alpha value is -2.30. The van der Waals surface area contributed by atoms with Gasteiger partial charge in [0.15, 0.2) is 0 Å². The minimum atomic E-state index is -1.05. The van der Waals surface area contributed by atoms with Gasteiger partial charge in [0.05, 0.1) is 11.7 Å². The van der Waals surface area contributed by atoms with E-state index in [0.717, 1.165) is 5.56 Å². The van der Waals surface area contributed by atoms with Crippen LogP contribution in [0.15, 0.2) is 42.6 Å². The number of hydrogen-bond donors (Lipinski definition) is 3. The van der Waals surface area contributed by atoms with Gasteiger partial charge in [0.1, 0.15) is 0 Å². The van der Waals surface area contributed by atoms with Crippen LogP contribution in [0.2, 0.25) is 0 Å². The Balaban J connectivity index is 2.14. The van der Waals surface area contributed by atoms with E-state index < -0.39 is 6.09 Å². The Morgan fingerprint density at radius 2 is 2.12 bits per heavy atom. The van der Waals surface area contributed by atoms with Crippen LogP contribution in [0, 0.1) is 0 Å². The molecule has 2 rings (SSSR count). The highest BCUT2D eigenvalue weighted by Gasteiger charge is 2.16. The van der Waals surface area contributed by atoms with Gasteiger partial charge in [-0.15, -0.1) is 0 Å². The zero-order valence-electron chi connectivity index (χ0n) is 9.13. The smallest absolute Gasteiger partial charge is 0.405 e. The first kappa shape index (κ1) is 11.2. The largest absolute Gasteiger partial charge is 0.465 e. The van der Waals surface area contributed by atoms with E-state index in [2.05, 4.69) is 15.5 Å². The quantitative estimate of drug-likeness (QED) is 0.752. The maximum Gasteiger partial charge on any atom is 0.405 e. The van der Waals surface area contributed by atoms with E-state index in [4.69, 9.17) is 5.11 Å². The Kier molecular flexibility index (Phi) is 3.40. The molecule has 1 amide bonds. The number of hydrogen-bond acceptors (Lipinski definition) is 2. The second kappa shape index (κ2) is 5.16. The molecule has 0 aliphatic rings. The zero-order chi connectivity index (χ0) is 12.1. The molecule has 2 aromatic rings. The molecule has 0 spiro atoms. The van der Waals surface area contributed by atoms with Crippen LogP contribution < -0.4 is 5.32 Å². The van der Waals surface area contributed by atoms with E-state index in [0.29, 0.717) is 12.1 Å². The van der Waals surface area contributed by atoms with Gasteiger partial charge in [0, 0.05) is 6.20 Å². The maximum absolute atomic E-state index is 10.7. The van der Waals surface area contributed by atoms with Crippen LogP contribution >= 0.6 is 0 Å². The molecule has 1 heterocycles. The SMILES string of the molecule is O=C(O)NC(Cc1ccccc1)c1cc[nH]n1. The third-order valence-corrected chi connectivity index (χ3v) is 2.46. The molecule has 1 aromatic carbocycles. The summed E-state index contributed by atoms with van der Waals surface area (Å²) in [5, 5.41) is 18.0. The number of amides is 1. The normalized spacial score (nSPS) is 12.0. The number of nitrogens with zero attached hydrogens (tertiary/aromatic N) is 1. The Labute approximate surface area is 98.5 Å². The Morgan fingerprint density at radius 1 is 1.35 bits per heavy atom. The van der Waals surface area contributed by atoms with Crippen LogP contribution in [0.4, 0.5) is 4.79 Å². The molecule has 88 valence electrons. The van der Waals surface area contributed by atoms with Gasteiger partial charge in [-0.2, -0.15) is 5.10 Å². The van der Waals surface area contributed by atoms with Gasteiger partial charge in [0.25, 0.3) is 0 Å². The highest BCUT2D eigenvalue weighted by atomic mass is 16.4. The van der Waals surface area contributed by atoms with Crippen LogP contribution in [-0.4, -0.2) is 21.4 Å². The minimum absolute atomic E-state index is 0.332. The lowest BCUT2D eigenvalue weighted by Gasteiger charge is -2.14. The van der Waals surface area contributed by atoms with Crippen molar-refractivity contribution in [2.45, 2.75) is 12.5 Å². The fourth-order valence-corrected chi connectivity index (χ4v) is 1.69. The molecule has 0 radical (unpaired) electrons. The molecule has 0 aliphatic carbocycles. The number of carboxylic acid groups (broad SMARTS) is 1. The van der Waals surface area contributed by atoms with Crippen molar-refractivity contribution in [3.05, 3.63) is 53.9 Å². The first-order chi connectivity index (χ1) is 8.25. The molecule has 1 atom stereocenters. The van der Waals surface area contributed by atoms with Crippen LogP contribution in [0.25, 0.3) is 0 Å². The summed E-state index contributed by atoms with van der Waals surface area (Å²) in [4.78, 5) is 10.7. The molecule has 5 nitrogen and oxygen atoms in total. The summed E-state index contributed by atoms with van der Waals surface area (Å²) in [7, 11) is 0. The predicted molar refractivity (Wildman–Crippen MR) is 62.6 cm³/mol. The number of aromatic nitrogens is 2. The highest BCUT2D eigenvalue weighted by molar-refractivity contribution is 5.65. The number of nitrogens with one attached hydrogen (secondary N) is 2. The number of benzene rings is 1. The van der Waals surface area contributed by atoms with Gasteiger partial charge < -0.3 is 10.4 Å². The molecule has 1 aromatic heterocycles. The van der Waals surface area contributed by atoms with E-state index in [1.165, 1.54) is 0 Å². The molecular formula is C12H13N3O2. The van der Waals surface area contributed by atoms with E-state index in [9.17, 15) is 4.79 Å². The van der Waals surface area contributed by atoms with Crippen molar-refractivity contribution in [3.8, 4) is 0 Å². The predicted octanol–water partition coefficient (Wildman–Crippen LogP) is 1.96. The van der Waals surface area contributed by atoms with Crippen LogP contribution in [0.5, 0.6) is 0 Å². The molecule has 3 N–H and O–H groups in total. The summed E-state index contributed by atoms with van der Waals surface area (Å²) in [6.07, 6.45) is 1.21. The Bertz CT molecular complexity index is 468. The van der Waals surface area contributed by atoms with E-state index in [1.807, 2.05) is 30.3 Å². The van der Waals surface area contributed by atoms with Crippen molar-refractivity contribution < 1.29 is 9.90 Å². The molecule has 0 saturated heterocycles. The summed E-state index contributed by atoms with van der Waals surface area (Å²) < 4.78 is 0. The fourth-order valence-electron chi connectivity index (χ4n) is 1.69. The molecule has 1 unspecified atom stereocenters. The number of carbonyl (C=O) groups is 1. The average Bonchev–Trinajstić information content (AvgIpc) is 2.82. The van der Waals surface area contributed by atoms with Crippen molar-refractivity contribution in [2.75, 3.05) is 0 Å². The lowest BCUT2D eigenvalue weighted by molar-refractivity contribution is 0.189. The summed E-state index contributed by atoms with van der Waals surface area (Å²) in [6, 6.07) is 11.1. The van der Waals surface area contributed by atoms with E-state index in [1.54, 1.807) is 12.3 Å². The van der Waals surface area contributed by atoms with Crippen molar-refractivity contribution in [1.29, 1.82) is 0 Å². The second-order valence-corrected chi connectivity index (χ2v) is 3.69. The van der Waals surface area contributed by atoms with Gasteiger partial charge in [-0.25, -0.2) is 4.79 Å². The lowest BCUT2D eigenvalue weighted by Crippen LogP contribution is -2.28. The monoisotopic (exact) mass is 231 g/mol. The molecule has 0 saturated carbocycles. The van der Waals surface area contributed by atoms with Crippen molar-refractivity contribution in [3.63, 3.8) is 0 Å². The molecule has 17 heavy (non-hydrogen) atoms. The standard InChI is InChI=1S/C12H13N3O2/c16-12(17)14-11(10-6-7-13-15-10)8-9-4-2-1-3-5-9/h1-7,11,14H,8H2,(H,13,15)(H,16,17). The number of H-pyrrole nitrogens is 1. The summed E-state index contributed by atoms with van der Waals surface area (Å²) in [5.41, 5.74) is 1.76. The Morgan fingerprint density at radius 3 is 2.71 bits per heavy atom. The van der Waals surface area contributed by atoms with Crippen LogP contribution in [0.3, 0.4) is 0 Å². The van der Waals surface area contributed by atoms with Crippen LogP contribution in [0.1, 0.15) is 17.3 Å².